The number of cyclic esters (lactones) is 1. The van der Waals surface area contributed by atoms with E-state index >= 15 is 0 Å². The molecule has 0 spiro atoms. The Kier molecular flexibility index (Phi) is 3.53. The fourth-order valence-corrected chi connectivity index (χ4v) is 3.16. The Morgan fingerprint density at radius 1 is 1.26 bits per heavy atom. The Morgan fingerprint density at radius 2 is 2.09 bits per heavy atom. The number of rotatable bonds is 3. The fraction of sp³-hybridized carbons (Fsp3) is 0.412. The molecule has 0 saturated carbocycles. The van der Waals surface area contributed by atoms with Crippen molar-refractivity contribution in [3.8, 4) is 11.3 Å². The molecule has 23 heavy (non-hydrogen) atoms. The average molecular weight is 313 g/mol. The number of ether oxygens (including phenoxy) is 1. The maximum atomic E-state index is 11.5. The van der Waals surface area contributed by atoms with Gasteiger partial charge in [-0.2, -0.15) is 0 Å². The van der Waals surface area contributed by atoms with Gasteiger partial charge in [0.15, 0.2) is 5.76 Å². The molecule has 3 heterocycles. The number of aromatic nitrogens is 1. The minimum Gasteiger partial charge on any atom is -0.447 e. The number of benzene rings is 1. The highest BCUT2D eigenvalue weighted by molar-refractivity contribution is 5.70. The molecule has 2 saturated heterocycles. The van der Waals surface area contributed by atoms with Gasteiger partial charge in [0.1, 0.15) is 12.3 Å². The minimum atomic E-state index is -0.184. The molecule has 1 aromatic heterocycles. The number of aryl methyl sites for hydroxylation is 1. The van der Waals surface area contributed by atoms with E-state index in [1.54, 1.807) is 0 Å². The minimum absolute atomic E-state index is 0.163. The van der Waals surface area contributed by atoms with Gasteiger partial charge in [-0.1, -0.05) is 35.0 Å². The molecule has 2 aliphatic rings. The van der Waals surface area contributed by atoms with E-state index in [9.17, 15) is 4.79 Å². The summed E-state index contributed by atoms with van der Waals surface area (Å²) in [6, 6.07) is 10.4. The third-order valence-electron chi connectivity index (χ3n) is 4.49. The van der Waals surface area contributed by atoms with Crippen LogP contribution in [0.25, 0.3) is 11.3 Å². The van der Waals surface area contributed by atoms with E-state index in [1.807, 2.05) is 11.0 Å². The summed E-state index contributed by atoms with van der Waals surface area (Å²) >= 11 is 0. The molecule has 0 aliphatic carbocycles. The standard InChI is InChI=1S/C17H19N3O3/c1-12-2-4-13(5-3-12)16-8-15(23-18-16)10-19-6-7-20-14(9-19)11-22-17(20)21/h2-5,8,14H,6-7,9-11H2,1H3. The zero-order valence-corrected chi connectivity index (χ0v) is 13.1. The van der Waals surface area contributed by atoms with Gasteiger partial charge in [-0.05, 0) is 6.92 Å². The van der Waals surface area contributed by atoms with Crippen LogP contribution in [0, 0.1) is 6.92 Å². The first kappa shape index (κ1) is 14.3. The lowest BCUT2D eigenvalue weighted by Crippen LogP contribution is -2.51. The summed E-state index contributed by atoms with van der Waals surface area (Å²) in [4.78, 5) is 15.6. The predicted octanol–water partition coefficient (Wildman–Crippen LogP) is 2.29. The first-order chi connectivity index (χ1) is 11.2. The van der Waals surface area contributed by atoms with Crippen LogP contribution in [0.15, 0.2) is 34.9 Å². The van der Waals surface area contributed by atoms with E-state index in [4.69, 9.17) is 9.26 Å². The van der Waals surface area contributed by atoms with Gasteiger partial charge in [0.05, 0.1) is 12.6 Å². The molecule has 4 rings (SSSR count). The first-order valence-electron chi connectivity index (χ1n) is 7.87. The van der Waals surface area contributed by atoms with Crippen molar-refractivity contribution in [1.82, 2.24) is 15.0 Å². The van der Waals surface area contributed by atoms with Gasteiger partial charge in [0.2, 0.25) is 0 Å². The van der Waals surface area contributed by atoms with Crippen LogP contribution in [0.1, 0.15) is 11.3 Å². The highest BCUT2D eigenvalue weighted by Gasteiger charge is 2.37. The van der Waals surface area contributed by atoms with Gasteiger partial charge in [-0.15, -0.1) is 0 Å². The lowest BCUT2D eigenvalue weighted by molar-refractivity contribution is 0.108. The van der Waals surface area contributed by atoms with Gasteiger partial charge in [0, 0.05) is 31.3 Å². The number of fused-ring (bicyclic) bond motifs is 1. The lowest BCUT2D eigenvalue weighted by Gasteiger charge is -2.34. The van der Waals surface area contributed by atoms with Crippen molar-refractivity contribution < 1.29 is 14.1 Å². The zero-order valence-electron chi connectivity index (χ0n) is 13.1. The second kappa shape index (κ2) is 5.70. The number of piperazine rings is 1. The average Bonchev–Trinajstić information content (AvgIpc) is 3.16. The Labute approximate surface area is 134 Å². The highest BCUT2D eigenvalue weighted by Crippen LogP contribution is 2.22. The normalized spacial score (nSPS) is 21.3. The number of amides is 1. The SMILES string of the molecule is Cc1ccc(-c2cc(CN3CCN4C(=O)OCC4C3)on2)cc1. The molecule has 0 radical (unpaired) electrons. The van der Waals surface area contributed by atoms with Crippen LogP contribution in [0.2, 0.25) is 0 Å². The third-order valence-corrected chi connectivity index (χ3v) is 4.49. The molecule has 120 valence electrons. The van der Waals surface area contributed by atoms with Gasteiger partial charge in [-0.3, -0.25) is 9.80 Å². The molecule has 1 atom stereocenters. The van der Waals surface area contributed by atoms with Crippen LogP contribution in [-0.4, -0.2) is 53.3 Å². The Hall–Kier alpha value is -2.34. The maximum absolute atomic E-state index is 11.5. The summed E-state index contributed by atoms with van der Waals surface area (Å²) in [5, 5.41) is 4.17. The molecule has 1 aromatic carbocycles. The summed E-state index contributed by atoms with van der Waals surface area (Å²) in [6.45, 7) is 5.60. The third kappa shape index (κ3) is 2.82. The second-order valence-corrected chi connectivity index (χ2v) is 6.20. The quantitative estimate of drug-likeness (QED) is 0.870. The van der Waals surface area contributed by atoms with E-state index in [-0.39, 0.29) is 12.1 Å². The predicted molar refractivity (Wildman–Crippen MR) is 83.8 cm³/mol. The Morgan fingerprint density at radius 3 is 2.91 bits per heavy atom. The number of hydrogen-bond donors (Lipinski definition) is 0. The van der Waals surface area contributed by atoms with Crippen molar-refractivity contribution >= 4 is 6.09 Å². The molecule has 2 fully saturated rings. The molecule has 2 aromatic rings. The molecule has 1 amide bonds. The van der Waals surface area contributed by atoms with Crippen molar-refractivity contribution in [2.45, 2.75) is 19.5 Å². The number of hydrogen-bond acceptors (Lipinski definition) is 5. The summed E-state index contributed by atoms with van der Waals surface area (Å²) in [5.41, 5.74) is 3.15. The van der Waals surface area contributed by atoms with Crippen molar-refractivity contribution in [2.24, 2.45) is 0 Å². The second-order valence-electron chi connectivity index (χ2n) is 6.20. The van der Waals surface area contributed by atoms with Gasteiger partial charge in [-0.25, -0.2) is 4.79 Å². The molecule has 6 heteroatoms. The smallest absolute Gasteiger partial charge is 0.410 e. The number of nitrogens with zero attached hydrogens (tertiary/aromatic N) is 3. The molecule has 1 unspecified atom stereocenters. The van der Waals surface area contributed by atoms with Crippen LogP contribution < -0.4 is 0 Å². The van der Waals surface area contributed by atoms with E-state index in [2.05, 4.69) is 41.2 Å². The topological polar surface area (TPSA) is 58.8 Å². The molecule has 6 nitrogen and oxygen atoms in total. The van der Waals surface area contributed by atoms with E-state index in [1.165, 1.54) is 5.56 Å². The molecule has 0 N–H and O–H groups in total. The van der Waals surface area contributed by atoms with Crippen molar-refractivity contribution in [3.05, 3.63) is 41.7 Å². The largest absolute Gasteiger partial charge is 0.447 e. The van der Waals surface area contributed by atoms with Crippen molar-refractivity contribution in [1.29, 1.82) is 0 Å². The molecule has 2 aliphatic heterocycles. The summed E-state index contributed by atoms with van der Waals surface area (Å²) in [5.74, 6) is 0.847. The van der Waals surface area contributed by atoms with Crippen molar-refractivity contribution in [3.63, 3.8) is 0 Å². The van der Waals surface area contributed by atoms with Crippen LogP contribution >= 0.6 is 0 Å². The molecule has 0 bridgehead atoms. The van der Waals surface area contributed by atoms with Gasteiger partial charge >= 0.3 is 6.09 Å². The van der Waals surface area contributed by atoms with Crippen LogP contribution in [0.4, 0.5) is 4.79 Å². The fourth-order valence-electron chi connectivity index (χ4n) is 3.16. The van der Waals surface area contributed by atoms with Crippen LogP contribution in [-0.2, 0) is 11.3 Å². The van der Waals surface area contributed by atoms with Gasteiger partial charge in [0.25, 0.3) is 0 Å². The summed E-state index contributed by atoms with van der Waals surface area (Å²) in [7, 11) is 0. The summed E-state index contributed by atoms with van der Waals surface area (Å²) in [6.07, 6.45) is -0.184. The number of carbonyl (C=O) groups is 1. The number of carbonyl (C=O) groups excluding carboxylic acids is 1. The first-order valence-corrected chi connectivity index (χ1v) is 7.87. The molecular weight excluding hydrogens is 294 g/mol. The highest BCUT2D eigenvalue weighted by atomic mass is 16.6. The van der Waals surface area contributed by atoms with E-state index in [0.29, 0.717) is 19.7 Å². The maximum Gasteiger partial charge on any atom is 0.410 e. The Bertz CT molecular complexity index is 710. The van der Waals surface area contributed by atoms with E-state index < -0.39 is 0 Å². The Balaban J connectivity index is 1.42. The molecular formula is C17H19N3O3. The van der Waals surface area contributed by atoms with Gasteiger partial charge < -0.3 is 9.26 Å². The van der Waals surface area contributed by atoms with E-state index in [0.717, 1.165) is 30.1 Å². The summed E-state index contributed by atoms with van der Waals surface area (Å²) < 4.78 is 10.6. The monoisotopic (exact) mass is 313 g/mol. The zero-order chi connectivity index (χ0) is 15.8. The van der Waals surface area contributed by atoms with Crippen molar-refractivity contribution in [2.75, 3.05) is 26.2 Å². The van der Waals surface area contributed by atoms with Crippen LogP contribution in [0.5, 0.6) is 0 Å². The van der Waals surface area contributed by atoms with Crippen LogP contribution in [0.3, 0.4) is 0 Å². The lowest BCUT2D eigenvalue weighted by atomic mass is 10.1.